The van der Waals surface area contributed by atoms with Crippen molar-refractivity contribution in [2.75, 3.05) is 33.9 Å². The van der Waals surface area contributed by atoms with Gasteiger partial charge in [0.2, 0.25) is 0 Å². The molecular formula is C14H20ClNO2. The minimum Gasteiger partial charge on any atom is -0.497 e. The highest BCUT2D eigenvalue weighted by molar-refractivity contribution is 5.85. The lowest BCUT2D eigenvalue weighted by Gasteiger charge is -2.40. The summed E-state index contributed by atoms with van der Waals surface area (Å²) < 4.78 is 11.2. The fourth-order valence-electron chi connectivity index (χ4n) is 2.99. The van der Waals surface area contributed by atoms with Crippen molar-refractivity contribution in [1.82, 2.24) is 4.90 Å². The van der Waals surface area contributed by atoms with Crippen molar-refractivity contribution in [3.63, 3.8) is 0 Å². The molecule has 1 saturated heterocycles. The van der Waals surface area contributed by atoms with Crippen molar-refractivity contribution in [3.8, 4) is 11.5 Å². The molecular weight excluding hydrogens is 250 g/mol. The molecule has 1 fully saturated rings. The third kappa shape index (κ3) is 2.29. The Morgan fingerprint density at radius 3 is 3.00 bits per heavy atom. The number of likely N-dealkylation sites (N-methyl/N-ethyl adjacent to an activating group) is 1. The number of fused-ring (bicyclic) bond motifs is 3. The first-order chi connectivity index (χ1) is 8.28. The van der Waals surface area contributed by atoms with Crippen molar-refractivity contribution in [1.29, 1.82) is 0 Å². The van der Waals surface area contributed by atoms with Gasteiger partial charge in [0.1, 0.15) is 11.5 Å². The molecule has 100 valence electrons. The summed E-state index contributed by atoms with van der Waals surface area (Å²) in [5, 5.41) is 0. The predicted molar refractivity (Wildman–Crippen MR) is 74.1 cm³/mol. The van der Waals surface area contributed by atoms with Crippen molar-refractivity contribution in [2.45, 2.75) is 12.3 Å². The number of piperidine rings is 1. The van der Waals surface area contributed by atoms with E-state index in [0.717, 1.165) is 24.7 Å². The van der Waals surface area contributed by atoms with Crippen LogP contribution in [0.4, 0.5) is 0 Å². The van der Waals surface area contributed by atoms with E-state index in [4.69, 9.17) is 9.47 Å². The van der Waals surface area contributed by atoms with Crippen LogP contribution in [0.3, 0.4) is 0 Å². The molecule has 3 rings (SSSR count). The normalized spacial score (nSPS) is 26.3. The molecule has 1 aromatic carbocycles. The Hall–Kier alpha value is -0.930. The molecule has 0 unspecified atom stereocenters. The second kappa shape index (κ2) is 5.37. The smallest absolute Gasteiger partial charge is 0.123 e. The summed E-state index contributed by atoms with van der Waals surface area (Å²) in [6.45, 7) is 3.19. The first-order valence-electron chi connectivity index (χ1n) is 6.27. The van der Waals surface area contributed by atoms with E-state index in [9.17, 15) is 0 Å². The van der Waals surface area contributed by atoms with Crippen molar-refractivity contribution < 1.29 is 9.47 Å². The third-order valence-corrected chi connectivity index (χ3v) is 4.03. The van der Waals surface area contributed by atoms with Crippen LogP contribution in [0.2, 0.25) is 0 Å². The molecule has 0 radical (unpaired) electrons. The number of likely N-dealkylation sites (tertiary alicyclic amines) is 1. The standard InChI is InChI=1S/C14H19NO2.ClH/c1-15-6-5-10-9-17-14-4-3-11(16-2)7-12(14)13(10)8-15;/h3-4,7,10,13H,5-6,8-9H2,1-2H3;1H/t10-,13-;/m0./s1. The topological polar surface area (TPSA) is 21.7 Å². The van der Waals surface area contributed by atoms with E-state index in [1.807, 2.05) is 12.1 Å². The summed E-state index contributed by atoms with van der Waals surface area (Å²) >= 11 is 0. The predicted octanol–water partition coefficient (Wildman–Crippen LogP) is 2.54. The number of nitrogens with zero attached hydrogens (tertiary/aromatic N) is 1. The zero-order valence-electron chi connectivity index (χ0n) is 10.9. The first kappa shape index (κ1) is 13.5. The highest BCUT2D eigenvalue weighted by Crippen LogP contribution is 2.42. The molecule has 2 heterocycles. The molecule has 0 bridgehead atoms. The third-order valence-electron chi connectivity index (χ3n) is 4.03. The van der Waals surface area contributed by atoms with Crippen LogP contribution in [-0.4, -0.2) is 38.8 Å². The number of ether oxygens (including phenoxy) is 2. The number of halogens is 1. The molecule has 0 aromatic heterocycles. The highest BCUT2D eigenvalue weighted by atomic mass is 35.5. The number of benzene rings is 1. The van der Waals surface area contributed by atoms with Gasteiger partial charge in [0, 0.05) is 23.9 Å². The molecule has 3 nitrogen and oxygen atoms in total. The van der Waals surface area contributed by atoms with Crippen molar-refractivity contribution in [2.24, 2.45) is 5.92 Å². The average molecular weight is 270 g/mol. The van der Waals surface area contributed by atoms with Gasteiger partial charge in [-0.05, 0) is 38.2 Å². The molecule has 4 heteroatoms. The molecule has 2 aliphatic heterocycles. The van der Waals surface area contributed by atoms with Gasteiger partial charge in [-0.1, -0.05) is 0 Å². The SMILES string of the molecule is COc1ccc2c(c1)[C@H]1CN(C)CC[C@H]1CO2.Cl. The Morgan fingerprint density at radius 1 is 1.39 bits per heavy atom. The van der Waals surface area contributed by atoms with Crippen LogP contribution in [0.1, 0.15) is 17.9 Å². The van der Waals surface area contributed by atoms with E-state index in [1.54, 1.807) is 7.11 Å². The maximum absolute atomic E-state index is 5.85. The Balaban J connectivity index is 0.00000120. The summed E-state index contributed by atoms with van der Waals surface area (Å²) in [6.07, 6.45) is 1.23. The molecule has 0 N–H and O–H groups in total. The van der Waals surface area contributed by atoms with Gasteiger partial charge in [-0.25, -0.2) is 0 Å². The lowest BCUT2D eigenvalue weighted by Crippen LogP contribution is -2.41. The van der Waals surface area contributed by atoms with Crippen LogP contribution in [0.15, 0.2) is 18.2 Å². The van der Waals surface area contributed by atoms with Crippen LogP contribution in [0, 0.1) is 5.92 Å². The summed E-state index contributed by atoms with van der Waals surface area (Å²) in [5.74, 6) is 3.25. The zero-order chi connectivity index (χ0) is 11.8. The lowest BCUT2D eigenvalue weighted by molar-refractivity contribution is 0.114. The number of methoxy groups -OCH3 is 1. The van der Waals surface area contributed by atoms with Gasteiger partial charge in [-0.2, -0.15) is 0 Å². The molecule has 0 aliphatic carbocycles. The van der Waals surface area contributed by atoms with E-state index in [0.29, 0.717) is 11.8 Å². The lowest BCUT2D eigenvalue weighted by atomic mass is 9.79. The Bertz CT molecular complexity index is 424. The van der Waals surface area contributed by atoms with Crippen LogP contribution in [0.25, 0.3) is 0 Å². The van der Waals surface area contributed by atoms with Gasteiger partial charge in [0.15, 0.2) is 0 Å². The Morgan fingerprint density at radius 2 is 2.22 bits per heavy atom. The quantitative estimate of drug-likeness (QED) is 0.782. The van der Waals surface area contributed by atoms with Crippen LogP contribution in [-0.2, 0) is 0 Å². The van der Waals surface area contributed by atoms with E-state index >= 15 is 0 Å². The number of hydrogen-bond donors (Lipinski definition) is 0. The molecule has 0 spiro atoms. The first-order valence-corrected chi connectivity index (χ1v) is 6.27. The second-order valence-corrected chi connectivity index (χ2v) is 5.13. The molecule has 18 heavy (non-hydrogen) atoms. The summed E-state index contributed by atoms with van der Waals surface area (Å²) in [7, 11) is 3.92. The minimum atomic E-state index is 0. The van der Waals surface area contributed by atoms with E-state index in [1.165, 1.54) is 18.5 Å². The molecule has 0 saturated carbocycles. The van der Waals surface area contributed by atoms with E-state index < -0.39 is 0 Å². The zero-order valence-corrected chi connectivity index (χ0v) is 11.7. The van der Waals surface area contributed by atoms with Crippen LogP contribution < -0.4 is 9.47 Å². The molecule has 2 aliphatic rings. The maximum Gasteiger partial charge on any atom is 0.123 e. The number of rotatable bonds is 1. The van der Waals surface area contributed by atoms with Crippen LogP contribution >= 0.6 is 12.4 Å². The summed E-state index contributed by atoms with van der Waals surface area (Å²) in [5.41, 5.74) is 1.33. The minimum absolute atomic E-state index is 0. The fraction of sp³-hybridized carbons (Fsp3) is 0.571. The molecule has 2 atom stereocenters. The molecule has 1 aromatic rings. The Kier molecular flexibility index (Phi) is 4.03. The van der Waals surface area contributed by atoms with Crippen molar-refractivity contribution in [3.05, 3.63) is 23.8 Å². The average Bonchev–Trinajstić information content (AvgIpc) is 2.38. The van der Waals surface area contributed by atoms with E-state index in [2.05, 4.69) is 18.0 Å². The maximum atomic E-state index is 5.85. The van der Waals surface area contributed by atoms with Gasteiger partial charge in [0.05, 0.1) is 13.7 Å². The largest absolute Gasteiger partial charge is 0.497 e. The number of hydrogen-bond acceptors (Lipinski definition) is 3. The van der Waals surface area contributed by atoms with Crippen molar-refractivity contribution >= 4 is 12.4 Å². The van der Waals surface area contributed by atoms with Gasteiger partial charge in [-0.3, -0.25) is 0 Å². The van der Waals surface area contributed by atoms with Gasteiger partial charge in [0.25, 0.3) is 0 Å². The Labute approximate surface area is 114 Å². The van der Waals surface area contributed by atoms with Gasteiger partial charge in [-0.15, -0.1) is 12.4 Å². The monoisotopic (exact) mass is 269 g/mol. The van der Waals surface area contributed by atoms with Gasteiger partial charge < -0.3 is 14.4 Å². The highest BCUT2D eigenvalue weighted by Gasteiger charge is 2.34. The van der Waals surface area contributed by atoms with E-state index in [-0.39, 0.29) is 12.4 Å². The summed E-state index contributed by atoms with van der Waals surface area (Å²) in [6, 6.07) is 6.16. The summed E-state index contributed by atoms with van der Waals surface area (Å²) in [4.78, 5) is 2.41. The second-order valence-electron chi connectivity index (χ2n) is 5.13. The van der Waals surface area contributed by atoms with Crippen LogP contribution in [0.5, 0.6) is 11.5 Å². The fourth-order valence-corrected chi connectivity index (χ4v) is 2.99. The van der Waals surface area contributed by atoms with Gasteiger partial charge >= 0.3 is 0 Å². The molecule has 0 amide bonds.